The van der Waals surface area contributed by atoms with Gasteiger partial charge >= 0.3 is 5.97 Å². The Kier molecular flexibility index (Phi) is 8.26. The molecule has 0 bridgehead atoms. The van der Waals surface area contributed by atoms with Crippen LogP contribution in [0.3, 0.4) is 0 Å². The van der Waals surface area contributed by atoms with Crippen LogP contribution in [-0.4, -0.2) is 91.1 Å². The highest BCUT2D eigenvalue weighted by Crippen LogP contribution is 2.05. The highest BCUT2D eigenvalue weighted by Gasteiger charge is 2.19. The van der Waals surface area contributed by atoms with Gasteiger partial charge in [-0.3, -0.25) is 14.5 Å². The molecule has 1 aliphatic rings. The van der Waals surface area contributed by atoms with Crippen LogP contribution in [0.1, 0.15) is 19.3 Å². The lowest BCUT2D eigenvalue weighted by Crippen LogP contribution is -2.47. The van der Waals surface area contributed by atoms with Gasteiger partial charge in [0.1, 0.15) is 0 Å². The summed E-state index contributed by atoms with van der Waals surface area (Å²) in [4.78, 5) is 28.8. The topological polar surface area (TPSA) is 90.1 Å². The molecule has 0 saturated carbocycles. The molecule has 1 aliphatic heterocycles. The van der Waals surface area contributed by atoms with Gasteiger partial charge in [-0.05, 0) is 39.5 Å². The summed E-state index contributed by atoms with van der Waals surface area (Å²) in [6.07, 6.45) is 1.96. The molecule has 3 N–H and O–H groups in total. The summed E-state index contributed by atoms with van der Waals surface area (Å²) in [6.45, 7) is 5.31. The molecule has 1 amide bonds. The highest BCUT2D eigenvalue weighted by atomic mass is 16.4. The minimum atomic E-state index is -0.836. The Morgan fingerprint density at radius 3 is 2.33 bits per heavy atom. The fourth-order valence-corrected chi connectivity index (χ4v) is 2.44. The zero-order chi connectivity index (χ0) is 15.7. The Balaban J connectivity index is 2.25. The van der Waals surface area contributed by atoms with E-state index < -0.39 is 5.97 Å². The summed E-state index contributed by atoms with van der Waals surface area (Å²) in [5, 5.41) is 8.87. The molecule has 1 rings (SSSR count). The van der Waals surface area contributed by atoms with Crippen LogP contribution in [0.15, 0.2) is 0 Å². The lowest BCUT2D eigenvalue weighted by Gasteiger charge is -2.32. The Morgan fingerprint density at radius 2 is 1.76 bits per heavy atom. The third-order valence-electron chi connectivity index (χ3n) is 3.76. The first kappa shape index (κ1) is 17.9. The van der Waals surface area contributed by atoms with E-state index in [1.54, 1.807) is 0 Å². The lowest BCUT2D eigenvalue weighted by atomic mass is 10.2. The zero-order valence-corrected chi connectivity index (χ0v) is 13.0. The molecule has 21 heavy (non-hydrogen) atoms. The van der Waals surface area contributed by atoms with E-state index in [1.165, 1.54) is 0 Å². The molecule has 1 saturated heterocycles. The van der Waals surface area contributed by atoms with Crippen molar-refractivity contribution in [2.24, 2.45) is 5.73 Å². The molecule has 0 aromatic carbocycles. The smallest absolute Gasteiger partial charge is 0.317 e. The van der Waals surface area contributed by atoms with Gasteiger partial charge in [-0.1, -0.05) is 0 Å². The first-order valence-corrected chi connectivity index (χ1v) is 7.63. The van der Waals surface area contributed by atoms with Crippen molar-refractivity contribution in [1.82, 2.24) is 14.7 Å². The van der Waals surface area contributed by atoms with Gasteiger partial charge in [-0.2, -0.15) is 0 Å². The second kappa shape index (κ2) is 9.70. The highest BCUT2D eigenvalue weighted by molar-refractivity contribution is 5.76. The van der Waals surface area contributed by atoms with Gasteiger partial charge in [0.25, 0.3) is 0 Å². The van der Waals surface area contributed by atoms with Gasteiger partial charge in [0, 0.05) is 32.6 Å². The summed E-state index contributed by atoms with van der Waals surface area (Å²) < 4.78 is 0. The van der Waals surface area contributed by atoms with Crippen molar-refractivity contribution < 1.29 is 14.7 Å². The van der Waals surface area contributed by atoms with Crippen LogP contribution in [0, 0.1) is 0 Å². The summed E-state index contributed by atoms with van der Waals surface area (Å²) in [5.41, 5.74) is 5.45. The van der Waals surface area contributed by atoms with Crippen LogP contribution in [0.25, 0.3) is 0 Å². The number of carboxylic acid groups (broad SMARTS) is 1. The number of aliphatic carboxylic acids is 1. The van der Waals surface area contributed by atoms with E-state index in [9.17, 15) is 9.59 Å². The van der Waals surface area contributed by atoms with Crippen LogP contribution >= 0.6 is 0 Å². The number of hydrogen-bond acceptors (Lipinski definition) is 5. The molecule has 1 heterocycles. The van der Waals surface area contributed by atoms with Crippen molar-refractivity contribution in [2.45, 2.75) is 19.3 Å². The number of carbonyl (C=O) groups is 2. The normalized spacial score (nSPS) is 16.4. The van der Waals surface area contributed by atoms with E-state index in [0.717, 1.165) is 32.6 Å². The number of nitrogens with zero attached hydrogens (tertiary/aromatic N) is 3. The van der Waals surface area contributed by atoms with Gasteiger partial charge in [0.05, 0.1) is 6.54 Å². The van der Waals surface area contributed by atoms with Crippen LogP contribution < -0.4 is 5.73 Å². The minimum Gasteiger partial charge on any atom is -0.480 e. The first-order valence-electron chi connectivity index (χ1n) is 7.63. The standard InChI is InChI=1S/C14H28N4O3/c1-16-8-10-18(11-9-16)13(19)4-2-6-17(7-3-5-15)12-14(20)21/h2-12,15H2,1H3,(H,20,21). The number of likely N-dealkylation sites (N-methyl/N-ethyl adjacent to an activating group) is 1. The zero-order valence-electron chi connectivity index (χ0n) is 13.0. The molecule has 0 radical (unpaired) electrons. The summed E-state index contributed by atoms with van der Waals surface area (Å²) >= 11 is 0. The largest absolute Gasteiger partial charge is 0.480 e. The van der Waals surface area contributed by atoms with Crippen LogP contribution in [0.2, 0.25) is 0 Å². The van der Waals surface area contributed by atoms with Crippen molar-refractivity contribution in [3.05, 3.63) is 0 Å². The average molecular weight is 300 g/mol. The monoisotopic (exact) mass is 300 g/mol. The van der Waals surface area contributed by atoms with Gasteiger partial charge in [0.15, 0.2) is 0 Å². The van der Waals surface area contributed by atoms with E-state index in [-0.39, 0.29) is 12.5 Å². The number of amides is 1. The van der Waals surface area contributed by atoms with Crippen LogP contribution in [0.5, 0.6) is 0 Å². The number of carbonyl (C=O) groups excluding carboxylic acids is 1. The van der Waals surface area contributed by atoms with Gasteiger partial charge in [0.2, 0.25) is 5.91 Å². The molecular weight excluding hydrogens is 272 g/mol. The Hall–Kier alpha value is -1.18. The number of rotatable bonds is 9. The van der Waals surface area contributed by atoms with Crippen molar-refractivity contribution in [1.29, 1.82) is 0 Å². The molecule has 1 fully saturated rings. The van der Waals surface area contributed by atoms with E-state index in [4.69, 9.17) is 10.8 Å². The number of nitrogens with two attached hydrogens (primary N) is 1. The fourth-order valence-electron chi connectivity index (χ4n) is 2.44. The van der Waals surface area contributed by atoms with Crippen molar-refractivity contribution in [3.8, 4) is 0 Å². The van der Waals surface area contributed by atoms with Crippen LogP contribution in [-0.2, 0) is 9.59 Å². The lowest BCUT2D eigenvalue weighted by molar-refractivity contribution is -0.138. The fraction of sp³-hybridized carbons (Fsp3) is 0.857. The molecule has 122 valence electrons. The van der Waals surface area contributed by atoms with Gasteiger partial charge in [-0.15, -0.1) is 0 Å². The molecule has 0 unspecified atom stereocenters. The molecule has 7 heteroatoms. The molecule has 0 atom stereocenters. The number of hydrogen-bond donors (Lipinski definition) is 2. The quantitative estimate of drug-likeness (QED) is 0.584. The molecule has 7 nitrogen and oxygen atoms in total. The summed E-state index contributed by atoms with van der Waals surface area (Å²) in [5.74, 6) is -0.658. The van der Waals surface area contributed by atoms with E-state index >= 15 is 0 Å². The van der Waals surface area contributed by atoms with Gasteiger partial charge < -0.3 is 20.6 Å². The van der Waals surface area contributed by atoms with Gasteiger partial charge in [-0.25, -0.2) is 0 Å². The van der Waals surface area contributed by atoms with E-state index in [0.29, 0.717) is 32.5 Å². The third-order valence-corrected chi connectivity index (χ3v) is 3.76. The summed E-state index contributed by atoms with van der Waals surface area (Å²) in [7, 11) is 2.06. The Bertz CT molecular complexity index is 330. The molecule has 0 aliphatic carbocycles. The Morgan fingerprint density at radius 1 is 1.14 bits per heavy atom. The molecule has 0 aromatic rings. The third kappa shape index (κ3) is 7.40. The van der Waals surface area contributed by atoms with E-state index in [1.807, 2.05) is 9.80 Å². The average Bonchev–Trinajstić information content (AvgIpc) is 2.44. The number of piperazine rings is 1. The van der Waals surface area contributed by atoms with Crippen molar-refractivity contribution in [2.75, 3.05) is 59.4 Å². The molecule has 0 aromatic heterocycles. The van der Waals surface area contributed by atoms with Crippen molar-refractivity contribution in [3.63, 3.8) is 0 Å². The first-order chi connectivity index (χ1) is 10.0. The van der Waals surface area contributed by atoms with Crippen LogP contribution in [0.4, 0.5) is 0 Å². The Labute approximate surface area is 126 Å². The second-order valence-electron chi connectivity index (χ2n) is 5.60. The maximum atomic E-state index is 12.1. The predicted octanol–water partition coefficient (Wildman–Crippen LogP) is -0.724. The van der Waals surface area contributed by atoms with E-state index in [2.05, 4.69) is 11.9 Å². The van der Waals surface area contributed by atoms with Crippen molar-refractivity contribution >= 4 is 11.9 Å². The maximum absolute atomic E-state index is 12.1. The predicted molar refractivity (Wildman–Crippen MR) is 81.1 cm³/mol. The maximum Gasteiger partial charge on any atom is 0.317 e. The second-order valence-corrected chi connectivity index (χ2v) is 5.60. The number of carboxylic acids is 1. The SMILES string of the molecule is CN1CCN(C(=O)CCCN(CCCN)CC(=O)O)CC1. The summed E-state index contributed by atoms with van der Waals surface area (Å²) in [6, 6.07) is 0. The minimum absolute atomic E-state index is 0.0166. The molecule has 0 spiro atoms. The molecular formula is C14H28N4O3.